The van der Waals surface area contributed by atoms with Gasteiger partial charge in [-0.25, -0.2) is 9.69 Å². The number of phenols is 1. The molecule has 1 aliphatic heterocycles. The average molecular weight is 603 g/mol. The Morgan fingerprint density at radius 3 is 2.20 bits per heavy atom. The third-order valence-corrected chi connectivity index (χ3v) is 9.28. The summed E-state index contributed by atoms with van der Waals surface area (Å²) in [5, 5.41) is 13.0. The number of carbonyl (C=O) groups is 3. The Bertz CT molecular complexity index is 1270. The number of nitrogens with zero attached hydrogens (tertiary/aromatic N) is 1. The van der Waals surface area contributed by atoms with Crippen LogP contribution in [-0.2, 0) is 15.0 Å². The van der Waals surface area contributed by atoms with Crippen molar-refractivity contribution in [3.8, 4) is 5.75 Å². The van der Waals surface area contributed by atoms with Crippen LogP contribution in [0.2, 0.25) is 5.02 Å². The Balaban J connectivity index is 1.31. The molecule has 180 valence electrons. The van der Waals surface area contributed by atoms with Crippen molar-refractivity contribution in [1.29, 1.82) is 0 Å². The van der Waals surface area contributed by atoms with Crippen LogP contribution in [0.1, 0.15) is 49.7 Å². The summed E-state index contributed by atoms with van der Waals surface area (Å²) in [5.41, 5.74) is 1.89. The summed E-state index contributed by atoms with van der Waals surface area (Å²) in [6.45, 7) is 0. The summed E-state index contributed by atoms with van der Waals surface area (Å²) in [7, 11) is 0. The van der Waals surface area contributed by atoms with Crippen molar-refractivity contribution in [3.05, 3.63) is 61.7 Å². The molecule has 2 aromatic rings. The van der Waals surface area contributed by atoms with Gasteiger partial charge in [0, 0.05) is 10.6 Å². The van der Waals surface area contributed by atoms with E-state index in [1.165, 1.54) is 56.2 Å². The van der Waals surface area contributed by atoms with Gasteiger partial charge in [-0.1, -0.05) is 23.7 Å². The number of amides is 4. The minimum atomic E-state index is -0.809. The second kappa shape index (κ2) is 8.34. The molecule has 1 heterocycles. The zero-order valence-corrected chi connectivity index (χ0v) is 21.8. The molecule has 8 heteroatoms. The van der Waals surface area contributed by atoms with E-state index in [2.05, 4.69) is 5.32 Å². The van der Waals surface area contributed by atoms with Gasteiger partial charge >= 0.3 is 6.03 Å². The maximum Gasteiger partial charge on any atom is 0.335 e. The van der Waals surface area contributed by atoms with Crippen molar-refractivity contribution in [3.63, 3.8) is 0 Å². The number of phenolic OH excluding ortho intramolecular Hbond substituents is 1. The third kappa shape index (κ3) is 3.87. The molecule has 2 aromatic carbocycles. The van der Waals surface area contributed by atoms with Crippen molar-refractivity contribution >= 4 is 63.8 Å². The molecule has 0 unspecified atom stereocenters. The number of aromatic hydroxyl groups is 1. The number of nitrogens with one attached hydrogen (secondary N) is 1. The normalized spacial score (nSPS) is 30.8. The van der Waals surface area contributed by atoms with Crippen molar-refractivity contribution in [2.75, 3.05) is 4.90 Å². The van der Waals surface area contributed by atoms with Gasteiger partial charge in [0.2, 0.25) is 0 Å². The van der Waals surface area contributed by atoms with E-state index in [0.29, 0.717) is 14.3 Å². The predicted molar refractivity (Wildman–Crippen MR) is 141 cm³/mol. The number of carbonyl (C=O) groups excluding carboxylic acids is 3. The lowest BCUT2D eigenvalue weighted by Gasteiger charge is -2.57. The highest BCUT2D eigenvalue weighted by Gasteiger charge is 2.51. The molecule has 4 bridgehead atoms. The minimum Gasteiger partial charge on any atom is -0.506 e. The fraction of sp³-hybridized carbons (Fsp3) is 0.370. The summed E-state index contributed by atoms with van der Waals surface area (Å²) in [5.74, 6) is 0.818. The molecule has 2 N–H and O–H groups in total. The van der Waals surface area contributed by atoms with Crippen LogP contribution in [0.3, 0.4) is 0 Å². The van der Waals surface area contributed by atoms with E-state index >= 15 is 0 Å². The Labute approximate surface area is 221 Å². The smallest absolute Gasteiger partial charge is 0.335 e. The number of benzene rings is 2. The first-order chi connectivity index (χ1) is 16.7. The third-order valence-electron chi connectivity index (χ3n) is 8.24. The van der Waals surface area contributed by atoms with Gasteiger partial charge < -0.3 is 5.11 Å². The average Bonchev–Trinajstić information content (AvgIpc) is 2.79. The van der Waals surface area contributed by atoms with Crippen LogP contribution in [0.5, 0.6) is 5.75 Å². The highest BCUT2D eigenvalue weighted by atomic mass is 127. The Hall–Kier alpha value is -2.39. The standard InChI is InChI=1S/C27H24ClIN2O4/c28-19-8-17(23(32)22(29)10-19)9-21-24(33)30-26(35)31(25(21)34)20-3-1-18(2-4-20)27-11-14-5-15(12-27)7-16(6-14)13-27/h1-4,8-10,14-16,32H,5-7,11-13H2,(H,30,33,35)/b21-9+. The monoisotopic (exact) mass is 602 g/mol. The lowest BCUT2D eigenvalue weighted by molar-refractivity contribution is -0.122. The quantitative estimate of drug-likeness (QED) is 0.265. The predicted octanol–water partition coefficient (Wildman–Crippen LogP) is 5.78. The number of urea groups is 1. The number of hydrogen-bond acceptors (Lipinski definition) is 4. The lowest BCUT2D eigenvalue weighted by Crippen LogP contribution is -2.54. The zero-order valence-electron chi connectivity index (χ0n) is 18.9. The van der Waals surface area contributed by atoms with E-state index in [9.17, 15) is 19.5 Å². The number of imide groups is 2. The number of rotatable bonds is 3. The molecule has 5 aliphatic rings. The van der Waals surface area contributed by atoms with Crippen LogP contribution in [0.15, 0.2) is 42.0 Å². The Morgan fingerprint density at radius 1 is 1.00 bits per heavy atom. The summed E-state index contributed by atoms with van der Waals surface area (Å²) in [6.07, 6.45) is 9.04. The molecule has 1 saturated heterocycles. The van der Waals surface area contributed by atoms with Crippen molar-refractivity contribution in [2.45, 2.75) is 43.9 Å². The first kappa shape index (κ1) is 23.0. The molecule has 4 saturated carbocycles. The molecule has 5 fully saturated rings. The highest BCUT2D eigenvalue weighted by molar-refractivity contribution is 14.1. The highest BCUT2D eigenvalue weighted by Crippen LogP contribution is 2.60. The van der Waals surface area contributed by atoms with Gasteiger partial charge in [0.25, 0.3) is 11.8 Å². The van der Waals surface area contributed by atoms with Crippen molar-refractivity contribution < 1.29 is 19.5 Å². The topological polar surface area (TPSA) is 86.7 Å². The fourth-order valence-electron chi connectivity index (χ4n) is 7.17. The Kier molecular flexibility index (Phi) is 5.49. The number of halogens is 2. The van der Waals surface area contributed by atoms with E-state index in [0.717, 1.165) is 22.7 Å². The fourth-order valence-corrected chi connectivity index (χ4v) is 8.23. The number of barbiturate groups is 1. The lowest BCUT2D eigenvalue weighted by atomic mass is 9.48. The minimum absolute atomic E-state index is 0.0912. The van der Waals surface area contributed by atoms with E-state index in [1.54, 1.807) is 18.2 Å². The van der Waals surface area contributed by atoms with Gasteiger partial charge in [-0.05, 0) is 120 Å². The van der Waals surface area contributed by atoms with Crippen LogP contribution in [-0.4, -0.2) is 23.0 Å². The maximum absolute atomic E-state index is 13.3. The molecule has 0 radical (unpaired) electrons. The van der Waals surface area contributed by atoms with Gasteiger partial charge in [-0.3, -0.25) is 14.9 Å². The molecule has 6 nitrogen and oxygen atoms in total. The molecular formula is C27H24ClIN2O4. The van der Waals surface area contributed by atoms with Crippen LogP contribution in [0, 0.1) is 21.3 Å². The molecular weight excluding hydrogens is 579 g/mol. The summed E-state index contributed by atoms with van der Waals surface area (Å²) >= 11 is 8.01. The molecule has 0 spiro atoms. The van der Waals surface area contributed by atoms with Gasteiger partial charge in [-0.15, -0.1) is 0 Å². The molecule has 7 rings (SSSR count). The van der Waals surface area contributed by atoms with Crippen LogP contribution in [0.25, 0.3) is 6.08 Å². The van der Waals surface area contributed by atoms with Crippen LogP contribution in [0.4, 0.5) is 10.5 Å². The van der Waals surface area contributed by atoms with E-state index in [1.807, 2.05) is 34.7 Å². The summed E-state index contributed by atoms with van der Waals surface area (Å²) in [6, 6.07) is 9.96. The van der Waals surface area contributed by atoms with Crippen molar-refractivity contribution in [2.24, 2.45) is 17.8 Å². The van der Waals surface area contributed by atoms with Gasteiger partial charge in [0.1, 0.15) is 11.3 Å². The van der Waals surface area contributed by atoms with Gasteiger partial charge in [0.15, 0.2) is 0 Å². The zero-order chi connectivity index (χ0) is 24.5. The summed E-state index contributed by atoms with van der Waals surface area (Å²) in [4.78, 5) is 39.5. The molecule has 0 atom stereocenters. The molecule has 4 amide bonds. The second-order valence-electron chi connectivity index (χ2n) is 10.5. The molecule has 0 aromatic heterocycles. The van der Waals surface area contributed by atoms with Gasteiger partial charge in [0.05, 0.1) is 9.26 Å². The van der Waals surface area contributed by atoms with E-state index in [-0.39, 0.29) is 22.3 Å². The van der Waals surface area contributed by atoms with E-state index in [4.69, 9.17) is 11.6 Å². The molecule has 35 heavy (non-hydrogen) atoms. The number of hydrogen-bond donors (Lipinski definition) is 2. The number of anilines is 1. The largest absolute Gasteiger partial charge is 0.506 e. The first-order valence-electron chi connectivity index (χ1n) is 11.9. The van der Waals surface area contributed by atoms with E-state index < -0.39 is 17.8 Å². The van der Waals surface area contributed by atoms with Gasteiger partial charge in [-0.2, -0.15) is 0 Å². The van der Waals surface area contributed by atoms with Crippen LogP contribution < -0.4 is 10.2 Å². The SMILES string of the molecule is O=C1NC(=O)N(c2ccc(C34CC5CC(CC(C5)C3)C4)cc2)C(=O)/C1=C/c1cc(Cl)cc(I)c1O. The van der Waals surface area contributed by atoms with Crippen molar-refractivity contribution in [1.82, 2.24) is 5.32 Å². The maximum atomic E-state index is 13.3. The van der Waals surface area contributed by atoms with Crippen LogP contribution >= 0.6 is 34.2 Å². The summed E-state index contributed by atoms with van der Waals surface area (Å²) < 4.78 is 0.485. The second-order valence-corrected chi connectivity index (χ2v) is 12.1. The Morgan fingerprint density at radius 2 is 1.60 bits per heavy atom. The first-order valence-corrected chi connectivity index (χ1v) is 13.4. The molecule has 4 aliphatic carbocycles.